The maximum Gasteiger partial charge on any atom is 0.0730 e. The molecular formula is C47H33N3. The highest BCUT2D eigenvalue weighted by atomic mass is 15.0. The Morgan fingerprint density at radius 1 is 0.640 bits per heavy atom. The Labute approximate surface area is 290 Å². The van der Waals surface area contributed by atoms with Gasteiger partial charge >= 0.3 is 0 Å². The fraction of sp³-hybridized carbons (Fsp3) is 0.0426. The van der Waals surface area contributed by atoms with Crippen molar-refractivity contribution in [3.8, 4) is 22.3 Å². The van der Waals surface area contributed by atoms with E-state index < -0.39 is 0 Å². The smallest absolute Gasteiger partial charge is 0.0730 e. The van der Waals surface area contributed by atoms with Crippen LogP contribution in [0.1, 0.15) is 24.0 Å². The number of hydrogen-bond acceptors (Lipinski definition) is 2. The van der Waals surface area contributed by atoms with Gasteiger partial charge < -0.3 is 10.3 Å². The van der Waals surface area contributed by atoms with Gasteiger partial charge in [-0.05, 0) is 93.1 Å². The van der Waals surface area contributed by atoms with Gasteiger partial charge in [-0.3, -0.25) is 0 Å². The zero-order valence-corrected chi connectivity index (χ0v) is 27.5. The first-order valence-electron chi connectivity index (χ1n) is 17.3. The quantitative estimate of drug-likeness (QED) is 0.205. The van der Waals surface area contributed by atoms with Gasteiger partial charge in [0.15, 0.2) is 0 Å². The van der Waals surface area contributed by atoms with Crippen LogP contribution in [0.5, 0.6) is 0 Å². The predicted molar refractivity (Wildman–Crippen MR) is 214 cm³/mol. The van der Waals surface area contributed by atoms with Crippen molar-refractivity contribution >= 4 is 66.2 Å². The molecule has 0 unspecified atom stereocenters. The van der Waals surface area contributed by atoms with Crippen LogP contribution in [0.2, 0.25) is 0 Å². The molecule has 3 nitrogen and oxygen atoms in total. The average molecular weight is 640 g/mol. The molecule has 3 aliphatic carbocycles. The number of fused-ring (bicyclic) bond motifs is 7. The van der Waals surface area contributed by atoms with E-state index in [1.165, 1.54) is 65.9 Å². The minimum atomic E-state index is 0.696. The molecule has 2 N–H and O–H groups in total. The monoisotopic (exact) mass is 639 g/mol. The van der Waals surface area contributed by atoms with Crippen molar-refractivity contribution in [2.45, 2.75) is 12.8 Å². The van der Waals surface area contributed by atoms with E-state index in [1.54, 1.807) is 0 Å². The summed E-state index contributed by atoms with van der Waals surface area (Å²) in [5.41, 5.74) is 20.8. The molecule has 50 heavy (non-hydrogen) atoms. The van der Waals surface area contributed by atoms with E-state index in [2.05, 4.69) is 145 Å². The Kier molecular flexibility index (Phi) is 6.31. The number of nitrogens with zero attached hydrogens (tertiary/aromatic N) is 2. The van der Waals surface area contributed by atoms with Crippen LogP contribution < -0.4 is 5.73 Å². The molecule has 3 aliphatic rings. The summed E-state index contributed by atoms with van der Waals surface area (Å²) in [6.45, 7) is 4.49. The zero-order valence-electron chi connectivity index (χ0n) is 27.5. The van der Waals surface area contributed by atoms with Gasteiger partial charge in [-0.15, -0.1) is 0 Å². The van der Waals surface area contributed by atoms with E-state index in [0.29, 0.717) is 11.4 Å². The number of benzene rings is 6. The molecule has 7 aromatic rings. The Morgan fingerprint density at radius 3 is 2.20 bits per heavy atom. The number of hydrogen-bond donors (Lipinski definition) is 1. The molecule has 0 fully saturated rings. The molecule has 0 saturated heterocycles. The van der Waals surface area contributed by atoms with Crippen molar-refractivity contribution < 1.29 is 0 Å². The van der Waals surface area contributed by atoms with Gasteiger partial charge in [0.25, 0.3) is 0 Å². The Morgan fingerprint density at radius 2 is 1.38 bits per heavy atom. The van der Waals surface area contributed by atoms with Gasteiger partial charge in [0, 0.05) is 38.9 Å². The third-order valence-electron chi connectivity index (χ3n) is 10.5. The minimum Gasteiger partial charge on any atom is -0.398 e. The van der Waals surface area contributed by atoms with Crippen LogP contribution in [-0.2, 0) is 0 Å². The summed E-state index contributed by atoms with van der Waals surface area (Å²) in [7, 11) is 0. The van der Waals surface area contributed by atoms with Crippen molar-refractivity contribution in [1.29, 1.82) is 0 Å². The molecule has 0 spiro atoms. The molecule has 0 amide bonds. The van der Waals surface area contributed by atoms with Crippen LogP contribution in [-0.4, -0.2) is 10.3 Å². The fourth-order valence-electron chi connectivity index (χ4n) is 8.13. The van der Waals surface area contributed by atoms with Gasteiger partial charge in [-0.25, -0.2) is 4.99 Å². The Balaban J connectivity index is 1.09. The zero-order chi connectivity index (χ0) is 33.3. The third-order valence-corrected chi connectivity index (χ3v) is 10.5. The van der Waals surface area contributed by atoms with E-state index in [4.69, 9.17) is 10.7 Å². The first kappa shape index (κ1) is 28.6. The summed E-state index contributed by atoms with van der Waals surface area (Å²) < 4.78 is 2.40. The summed E-state index contributed by atoms with van der Waals surface area (Å²) in [4.78, 5) is 5.14. The van der Waals surface area contributed by atoms with Crippen molar-refractivity contribution in [3.05, 3.63) is 175 Å². The molecule has 236 valence electrons. The van der Waals surface area contributed by atoms with Crippen LogP contribution in [0, 0.1) is 0 Å². The highest BCUT2D eigenvalue weighted by Crippen LogP contribution is 2.48. The fourth-order valence-corrected chi connectivity index (χ4v) is 8.13. The lowest BCUT2D eigenvalue weighted by molar-refractivity contribution is 1.02. The number of allylic oxidation sites excluding steroid dienone is 9. The largest absolute Gasteiger partial charge is 0.398 e. The van der Waals surface area contributed by atoms with E-state index in [1.807, 2.05) is 18.2 Å². The summed E-state index contributed by atoms with van der Waals surface area (Å²) in [6, 6.07) is 39.4. The van der Waals surface area contributed by atoms with Crippen LogP contribution in [0.4, 0.5) is 0 Å². The molecule has 3 heteroatoms. The highest BCUT2D eigenvalue weighted by Gasteiger charge is 2.23. The highest BCUT2D eigenvalue weighted by molar-refractivity contribution is 6.22. The molecule has 6 aromatic carbocycles. The van der Waals surface area contributed by atoms with Gasteiger partial charge in [-0.2, -0.15) is 0 Å². The second-order valence-corrected chi connectivity index (χ2v) is 13.3. The van der Waals surface area contributed by atoms with Crippen LogP contribution in [0.25, 0.3) is 82.7 Å². The lowest BCUT2D eigenvalue weighted by Gasteiger charge is -2.15. The molecule has 0 aliphatic heterocycles. The van der Waals surface area contributed by atoms with E-state index >= 15 is 0 Å². The molecule has 1 aromatic heterocycles. The molecule has 1 heterocycles. The third kappa shape index (κ3) is 4.27. The van der Waals surface area contributed by atoms with Crippen molar-refractivity contribution in [3.63, 3.8) is 0 Å². The minimum absolute atomic E-state index is 0.696. The standard InChI is InChI=1S/C47H33N3/c1-29(30-22-25-44-41(26-30)42-27-31-12-5-6-13-32(31)28-45(42)50(44)33-14-3-2-4-15-33)49-43-21-10-9-18-40(43)47(48)39-24-23-38-35-17-8-7-16-34(35)36-19-11-20-37(39)46(36)38/h3,5-28H,1-2,4,48H2/b47-40-,49-43-. The number of aromatic nitrogens is 1. The van der Waals surface area contributed by atoms with Crippen molar-refractivity contribution in [1.82, 2.24) is 4.57 Å². The van der Waals surface area contributed by atoms with Gasteiger partial charge in [-0.1, -0.05) is 122 Å². The Hall–Kier alpha value is -6.45. The maximum absolute atomic E-state index is 7.09. The molecular weight excluding hydrogens is 607 g/mol. The molecule has 0 bridgehead atoms. The predicted octanol–water partition coefficient (Wildman–Crippen LogP) is 11.8. The normalized spacial score (nSPS) is 16.6. The Bertz CT molecular complexity index is 2800. The van der Waals surface area contributed by atoms with Crippen molar-refractivity contribution in [2.24, 2.45) is 10.7 Å². The number of nitrogens with two attached hydrogens (primary N) is 1. The number of rotatable bonds is 4. The second kappa shape index (κ2) is 11.0. The lowest BCUT2D eigenvalue weighted by Crippen LogP contribution is -2.10. The first-order chi connectivity index (χ1) is 24.6. The van der Waals surface area contributed by atoms with Gasteiger partial charge in [0.2, 0.25) is 0 Å². The first-order valence-corrected chi connectivity index (χ1v) is 17.3. The molecule has 0 saturated carbocycles. The second-order valence-electron chi connectivity index (χ2n) is 13.3. The van der Waals surface area contributed by atoms with E-state index in [0.717, 1.165) is 40.6 Å². The lowest BCUT2D eigenvalue weighted by atomic mass is 9.93. The van der Waals surface area contributed by atoms with Gasteiger partial charge in [0.1, 0.15) is 0 Å². The SMILES string of the molecule is C=C(/N=C1/C=CC=C/C1=C(/N)c1ccc2c3c(cccc13)-c1ccccc1-2)c1ccc2c(c1)c1cc3ccccc3cc1n2C1=CCCC=C1. The molecule has 10 rings (SSSR count). The maximum atomic E-state index is 7.09. The molecule has 0 atom stereocenters. The summed E-state index contributed by atoms with van der Waals surface area (Å²) in [5, 5.41) is 7.28. The van der Waals surface area contributed by atoms with E-state index in [-0.39, 0.29) is 0 Å². The summed E-state index contributed by atoms with van der Waals surface area (Å²) in [6.07, 6.45) is 17.1. The molecule has 0 radical (unpaired) electrons. The summed E-state index contributed by atoms with van der Waals surface area (Å²) in [5.74, 6) is 0. The van der Waals surface area contributed by atoms with Crippen LogP contribution in [0.15, 0.2) is 169 Å². The van der Waals surface area contributed by atoms with Crippen LogP contribution in [0.3, 0.4) is 0 Å². The topological polar surface area (TPSA) is 43.3 Å². The van der Waals surface area contributed by atoms with Crippen LogP contribution >= 0.6 is 0 Å². The van der Waals surface area contributed by atoms with Gasteiger partial charge in [0.05, 0.1) is 22.4 Å². The van der Waals surface area contributed by atoms with E-state index in [9.17, 15) is 0 Å². The average Bonchev–Trinajstić information content (AvgIpc) is 3.67. The summed E-state index contributed by atoms with van der Waals surface area (Å²) >= 11 is 0. The number of aliphatic imine (C=N–C) groups is 1. The van der Waals surface area contributed by atoms with Crippen molar-refractivity contribution in [2.75, 3.05) is 0 Å².